The highest BCUT2D eigenvalue weighted by molar-refractivity contribution is 6.07. The normalized spacial score (nSPS) is 18.2. The molecular weight excluding hydrogens is 454 g/mol. The minimum absolute atomic E-state index is 0.0208. The zero-order valence-electron chi connectivity index (χ0n) is 19.9. The van der Waals surface area contributed by atoms with E-state index in [0.717, 1.165) is 10.9 Å². The molecule has 3 aromatic carbocycles. The monoisotopic (exact) mass is 481 g/mol. The molecule has 0 bridgehead atoms. The fourth-order valence-corrected chi connectivity index (χ4v) is 4.78. The third-order valence-corrected chi connectivity index (χ3v) is 6.76. The molecule has 0 saturated heterocycles. The third-order valence-electron chi connectivity index (χ3n) is 6.76. The Kier molecular flexibility index (Phi) is 6.26. The van der Waals surface area contributed by atoms with E-state index < -0.39 is 17.4 Å². The van der Waals surface area contributed by atoms with Crippen LogP contribution in [0.5, 0.6) is 0 Å². The fourth-order valence-electron chi connectivity index (χ4n) is 4.78. The van der Waals surface area contributed by atoms with Gasteiger partial charge in [-0.2, -0.15) is 9.78 Å². The van der Waals surface area contributed by atoms with Gasteiger partial charge in [0.15, 0.2) is 5.60 Å². The summed E-state index contributed by atoms with van der Waals surface area (Å²) in [5.41, 5.74) is 0.282. The molecule has 7 nitrogen and oxygen atoms in total. The molecule has 0 spiro atoms. The Bertz CT molecular complexity index is 1510. The number of aliphatic hydroxyl groups is 2. The number of fused-ring (bicyclic) bond motifs is 2. The van der Waals surface area contributed by atoms with Crippen LogP contribution in [0.4, 0.5) is 5.69 Å². The second kappa shape index (κ2) is 9.53. The van der Waals surface area contributed by atoms with Crippen LogP contribution in [0.1, 0.15) is 24.5 Å². The predicted molar refractivity (Wildman–Crippen MR) is 139 cm³/mol. The van der Waals surface area contributed by atoms with Crippen LogP contribution >= 0.6 is 0 Å². The number of carbonyl (C=O) groups is 1. The molecule has 182 valence electrons. The molecule has 1 aromatic heterocycles. The van der Waals surface area contributed by atoms with E-state index in [4.69, 9.17) is 5.11 Å². The van der Waals surface area contributed by atoms with Crippen molar-refractivity contribution in [2.24, 2.45) is 5.92 Å². The maximum Gasteiger partial charge on any atom is 0.279 e. The van der Waals surface area contributed by atoms with E-state index in [1.54, 1.807) is 60.5 Å². The molecule has 1 amide bonds. The second-order valence-electron chi connectivity index (χ2n) is 9.02. The van der Waals surface area contributed by atoms with E-state index in [2.05, 4.69) is 5.10 Å². The number of hydrogen-bond donors (Lipinski definition) is 2. The second-order valence-corrected chi connectivity index (χ2v) is 9.02. The number of amides is 1. The molecule has 0 saturated carbocycles. The van der Waals surface area contributed by atoms with Gasteiger partial charge in [0.2, 0.25) is 0 Å². The molecular formula is C29H27N3O4. The van der Waals surface area contributed by atoms with Crippen LogP contribution < -0.4 is 10.5 Å². The van der Waals surface area contributed by atoms with Crippen molar-refractivity contribution < 1.29 is 15.0 Å². The number of carbonyl (C=O) groups excluding carboxylic acids is 1. The number of anilines is 1. The van der Waals surface area contributed by atoms with Crippen molar-refractivity contribution in [3.63, 3.8) is 0 Å². The number of hydrogen-bond acceptors (Lipinski definition) is 5. The summed E-state index contributed by atoms with van der Waals surface area (Å²) < 4.78 is 1.29. The molecule has 1 aliphatic rings. The number of aliphatic hydroxyl groups excluding tert-OH is 1. The number of aromatic nitrogens is 2. The molecule has 7 heteroatoms. The van der Waals surface area contributed by atoms with Crippen LogP contribution in [0.15, 0.2) is 95.9 Å². The first-order chi connectivity index (χ1) is 17.4. The van der Waals surface area contributed by atoms with Gasteiger partial charge in [-0.1, -0.05) is 67.6 Å². The molecule has 0 unspecified atom stereocenters. The van der Waals surface area contributed by atoms with Gasteiger partial charge in [-0.05, 0) is 36.2 Å². The number of benzene rings is 3. The van der Waals surface area contributed by atoms with Crippen LogP contribution in [-0.4, -0.2) is 32.5 Å². The van der Waals surface area contributed by atoms with Crippen molar-refractivity contribution >= 4 is 22.4 Å². The Balaban J connectivity index is 1.64. The average molecular weight is 482 g/mol. The Morgan fingerprint density at radius 2 is 1.78 bits per heavy atom. The van der Waals surface area contributed by atoms with Crippen LogP contribution in [-0.2, 0) is 16.9 Å². The minimum atomic E-state index is -1.84. The van der Waals surface area contributed by atoms with Gasteiger partial charge in [0, 0.05) is 23.5 Å². The molecule has 36 heavy (non-hydrogen) atoms. The van der Waals surface area contributed by atoms with Gasteiger partial charge >= 0.3 is 0 Å². The van der Waals surface area contributed by atoms with Crippen molar-refractivity contribution in [3.8, 4) is 5.69 Å². The lowest BCUT2D eigenvalue weighted by molar-refractivity contribution is -0.139. The van der Waals surface area contributed by atoms with E-state index in [-0.39, 0.29) is 12.2 Å². The summed E-state index contributed by atoms with van der Waals surface area (Å²) in [4.78, 5) is 28.5. The first-order valence-corrected chi connectivity index (χ1v) is 11.9. The van der Waals surface area contributed by atoms with E-state index >= 15 is 0 Å². The van der Waals surface area contributed by atoms with E-state index in [0.29, 0.717) is 35.3 Å². The average Bonchev–Trinajstić information content (AvgIpc) is 3.12. The van der Waals surface area contributed by atoms with E-state index in [1.165, 1.54) is 4.68 Å². The lowest BCUT2D eigenvalue weighted by Gasteiger charge is -2.28. The predicted octanol–water partition coefficient (Wildman–Crippen LogP) is 3.69. The van der Waals surface area contributed by atoms with Crippen molar-refractivity contribution in [2.75, 3.05) is 11.5 Å². The van der Waals surface area contributed by atoms with Crippen LogP contribution in [0.3, 0.4) is 0 Å². The number of rotatable bonds is 7. The summed E-state index contributed by atoms with van der Waals surface area (Å²) in [6, 6.07) is 22.0. The van der Waals surface area contributed by atoms with Gasteiger partial charge in [0.05, 0.1) is 29.5 Å². The van der Waals surface area contributed by atoms with Gasteiger partial charge in [0.1, 0.15) is 0 Å². The topological polar surface area (TPSA) is 95.7 Å². The molecule has 2 heterocycles. The minimum Gasteiger partial charge on any atom is -0.396 e. The number of nitrogens with zero attached hydrogens (tertiary/aromatic N) is 3. The SMILES string of the molecule is C[C@@H](/C=C/CCO)[C@]1(O)C(=O)N(Cc2ccccc2)c2ccc(-n3ncc4ccccc4c3=O)cc21. The zero-order valence-corrected chi connectivity index (χ0v) is 19.9. The Hall–Kier alpha value is -4.07. The van der Waals surface area contributed by atoms with E-state index in [9.17, 15) is 14.7 Å². The van der Waals surface area contributed by atoms with Gasteiger partial charge in [-0.15, -0.1) is 0 Å². The van der Waals surface area contributed by atoms with Crippen molar-refractivity contribution in [1.29, 1.82) is 0 Å². The van der Waals surface area contributed by atoms with Crippen molar-refractivity contribution in [2.45, 2.75) is 25.5 Å². The summed E-state index contributed by atoms with van der Waals surface area (Å²) >= 11 is 0. The fraction of sp³-hybridized carbons (Fsp3) is 0.207. The van der Waals surface area contributed by atoms with Crippen molar-refractivity contribution in [1.82, 2.24) is 9.78 Å². The highest BCUT2D eigenvalue weighted by atomic mass is 16.3. The summed E-state index contributed by atoms with van der Waals surface area (Å²) in [5.74, 6) is -1.01. The van der Waals surface area contributed by atoms with Gasteiger partial charge in [0.25, 0.3) is 11.5 Å². The Labute approximate surface area is 208 Å². The summed E-state index contributed by atoms with van der Waals surface area (Å²) in [7, 11) is 0. The third kappa shape index (κ3) is 3.92. The van der Waals surface area contributed by atoms with Gasteiger partial charge < -0.3 is 15.1 Å². The molecule has 2 atom stereocenters. The van der Waals surface area contributed by atoms with Crippen LogP contribution in [0, 0.1) is 5.92 Å². The highest BCUT2D eigenvalue weighted by Gasteiger charge is 2.52. The quantitative estimate of drug-likeness (QED) is 0.393. The maximum absolute atomic E-state index is 13.8. The molecule has 0 fully saturated rings. The largest absolute Gasteiger partial charge is 0.396 e. The van der Waals surface area contributed by atoms with Gasteiger partial charge in [-0.3, -0.25) is 9.59 Å². The molecule has 5 rings (SSSR count). The molecule has 1 aliphatic heterocycles. The maximum atomic E-state index is 13.8. The molecule has 4 aromatic rings. The summed E-state index contributed by atoms with van der Waals surface area (Å²) in [5, 5.41) is 26.7. The molecule has 2 N–H and O–H groups in total. The molecule has 0 radical (unpaired) electrons. The highest BCUT2D eigenvalue weighted by Crippen LogP contribution is 2.46. The summed E-state index contributed by atoms with van der Waals surface area (Å²) in [6.45, 7) is 2.05. The summed E-state index contributed by atoms with van der Waals surface area (Å²) in [6.07, 6.45) is 5.56. The molecule has 0 aliphatic carbocycles. The Morgan fingerprint density at radius 1 is 1.03 bits per heavy atom. The lowest BCUT2D eigenvalue weighted by atomic mass is 9.82. The zero-order chi connectivity index (χ0) is 25.3. The smallest absolute Gasteiger partial charge is 0.279 e. The Morgan fingerprint density at radius 3 is 2.56 bits per heavy atom. The van der Waals surface area contributed by atoms with Crippen LogP contribution in [0.2, 0.25) is 0 Å². The first-order valence-electron chi connectivity index (χ1n) is 11.9. The standard InChI is InChI=1S/C29H27N3O4/c1-20(9-7-8-16-33)29(36)25-17-23(32-27(34)24-13-6-5-12-22(24)18-30-32)14-15-26(25)31(28(29)35)19-21-10-3-2-4-11-21/h2-7,9-15,17-18,20,33,36H,8,16,19H2,1H3/b9-7+/t20-,29+/m0/s1. The lowest BCUT2D eigenvalue weighted by Crippen LogP contribution is -2.44. The first kappa shape index (κ1) is 23.7. The van der Waals surface area contributed by atoms with E-state index in [1.807, 2.05) is 42.5 Å². The van der Waals surface area contributed by atoms with Crippen molar-refractivity contribution in [3.05, 3.63) is 113 Å². The van der Waals surface area contributed by atoms with Gasteiger partial charge in [-0.25, -0.2) is 0 Å². The van der Waals surface area contributed by atoms with Crippen LogP contribution in [0.25, 0.3) is 16.5 Å².